The van der Waals surface area contributed by atoms with Crippen LogP contribution in [0.2, 0.25) is 0 Å². The second-order valence-corrected chi connectivity index (χ2v) is 7.10. The summed E-state index contributed by atoms with van der Waals surface area (Å²) in [4.78, 5) is 27.8. The summed E-state index contributed by atoms with van der Waals surface area (Å²) in [7, 11) is 0. The minimum Gasteiger partial charge on any atom is -0.466 e. The van der Waals surface area contributed by atoms with Gasteiger partial charge in [0.05, 0.1) is 18.4 Å². The maximum atomic E-state index is 12.2. The number of esters is 1. The summed E-state index contributed by atoms with van der Waals surface area (Å²) in [5.41, 5.74) is 0.944. The van der Waals surface area contributed by atoms with Crippen molar-refractivity contribution in [2.45, 2.75) is 77.7 Å². The Hall–Kier alpha value is -2.21. The normalized spacial score (nSPS) is 12.1. The van der Waals surface area contributed by atoms with Crippen molar-refractivity contribution in [3.63, 3.8) is 0 Å². The van der Waals surface area contributed by atoms with Crippen LogP contribution in [0.5, 0.6) is 0 Å². The summed E-state index contributed by atoms with van der Waals surface area (Å²) in [6.45, 7) is 4.72. The fourth-order valence-electron chi connectivity index (χ4n) is 2.87. The van der Waals surface area contributed by atoms with Crippen molar-refractivity contribution < 1.29 is 19.4 Å². The van der Waals surface area contributed by atoms with Crippen molar-refractivity contribution in [3.05, 3.63) is 35.7 Å². The summed E-state index contributed by atoms with van der Waals surface area (Å²) < 4.78 is 4.85. The molecule has 29 heavy (non-hydrogen) atoms. The van der Waals surface area contributed by atoms with E-state index in [1.807, 2.05) is 0 Å². The highest BCUT2D eigenvalue weighted by atomic mass is 16.5. The number of nitrogens with one attached hydrogen (secondary N) is 1. The van der Waals surface area contributed by atoms with Gasteiger partial charge in [-0.05, 0) is 38.0 Å². The number of aliphatic hydroxyl groups excluding tert-OH is 1. The lowest BCUT2D eigenvalue weighted by Gasteiger charge is -2.06. The molecule has 1 amide bonds. The number of aliphatic hydroxyl groups is 1. The molecular weight excluding hydrogens is 368 g/mol. The Balaban J connectivity index is 2.36. The van der Waals surface area contributed by atoms with E-state index in [1.54, 1.807) is 37.3 Å². The zero-order valence-electron chi connectivity index (χ0n) is 17.9. The lowest BCUT2D eigenvalue weighted by atomic mass is 10.1. The zero-order chi connectivity index (χ0) is 21.3. The van der Waals surface area contributed by atoms with E-state index in [4.69, 9.17) is 4.74 Å². The molecule has 1 atom stereocenters. The Morgan fingerprint density at radius 1 is 1.14 bits per heavy atom. The monoisotopic (exact) mass is 404 g/mol. The van der Waals surface area contributed by atoms with Gasteiger partial charge in [-0.15, -0.1) is 0 Å². The largest absolute Gasteiger partial charge is 0.466 e. The quantitative estimate of drug-likeness (QED) is 0.336. The third kappa shape index (κ3) is 12.1. The van der Waals surface area contributed by atoms with Gasteiger partial charge in [0.25, 0.3) is 5.91 Å². The number of hydrogen-bond acceptors (Lipinski definition) is 5. The third-order valence-electron chi connectivity index (χ3n) is 4.49. The topological polar surface area (TPSA) is 88.5 Å². The number of aromatic nitrogens is 1. The van der Waals surface area contributed by atoms with Crippen molar-refractivity contribution in [1.29, 1.82) is 0 Å². The highest BCUT2D eigenvalue weighted by molar-refractivity contribution is 5.92. The molecule has 1 rings (SSSR count). The smallest absolute Gasteiger partial charge is 0.305 e. The molecular formula is C23H36N2O4. The molecule has 0 saturated carbocycles. The number of carbonyl (C=O) groups is 2. The second-order valence-electron chi connectivity index (χ2n) is 7.10. The van der Waals surface area contributed by atoms with Crippen LogP contribution in [0.1, 0.15) is 87.8 Å². The van der Waals surface area contributed by atoms with Crippen molar-refractivity contribution in [1.82, 2.24) is 10.3 Å². The van der Waals surface area contributed by atoms with Gasteiger partial charge in [0.1, 0.15) is 5.69 Å². The molecule has 1 heterocycles. The summed E-state index contributed by atoms with van der Waals surface area (Å²) in [6, 6.07) is 5.20. The van der Waals surface area contributed by atoms with Crippen LogP contribution >= 0.6 is 0 Å². The van der Waals surface area contributed by atoms with E-state index in [0.29, 0.717) is 31.0 Å². The number of ether oxygens (including phenoxy) is 1. The molecule has 6 nitrogen and oxygen atoms in total. The predicted molar refractivity (Wildman–Crippen MR) is 115 cm³/mol. The van der Waals surface area contributed by atoms with Gasteiger partial charge in [-0.2, -0.15) is 0 Å². The first-order valence-electron chi connectivity index (χ1n) is 10.8. The summed E-state index contributed by atoms with van der Waals surface area (Å²) in [6.07, 6.45) is 11.7. The molecule has 0 aliphatic heterocycles. The SMILES string of the molecule is CCCCCCCCC(O)C=Cc1cccc(C(=O)NCCCC(=O)OCC)n1. The lowest BCUT2D eigenvalue weighted by molar-refractivity contribution is -0.143. The number of rotatable bonds is 15. The van der Waals surface area contributed by atoms with Crippen molar-refractivity contribution >= 4 is 18.0 Å². The van der Waals surface area contributed by atoms with Gasteiger partial charge in [0.2, 0.25) is 0 Å². The Morgan fingerprint density at radius 2 is 1.90 bits per heavy atom. The average molecular weight is 405 g/mol. The third-order valence-corrected chi connectivity index (χ3v) is 4.49. The Bertz CT molecular complexity index is 631. The minimum atomic E-state index is -0.497. The molecule has 0 spiro atoms. The Morgan fingerprint density at radius 3 is 2.66 bits per heavy atom. The van der Waals surface area contributed by atoms with Gasteiger partial charge in [-0.1, -0.05) is 57.6 Å². The van der Waals surface area contributed by atoms with Crippen LogP contribution in [0, 0.1) is 0 Å². The van der Waals surface area contributed by atoms with E-state index < -0.39 is 6.10 Å². The number of nitrogens with zero attached hydrogens (tertiary/aromatic N) is 1. The van der Waals surface area contributed by atoms with Crippen molar-refractivity contribution in [2.24, 2.45) is 0 Å². The van der Waals surface area contributed by atoms with Crippen LogP contribution in [-0.4, -0.2) is 41.2 Å². The molecule has 0 bridgehead atoms. The first-order valence-corrected chi connectivity index (χ1v) is 10.8. The second kappa shape index (κ2) is 15.7. The van der Waals surface area contributed by atoms with E-state index in [0.717, 1.165) is 19.3 Å². The van der Waals surface area contributed by atoms with E-state index in [2.05, 4.69) is 17.2 Å². The molecule has 1 aromatic rings. The zero-order valence-corrected chi connectivity index (χ0v) is 17.9. The number of unbranched alkanes of at least 4 members (excludes halogenated alkanes) is 5. The molecule has 0 fully saturated rings. The van der Waals surface area contributed by atoms with E-state index in [-0.39, 0.29) is 18.3 Å². The van der Waals surface area contributed by atoms with E-state index in [9.17, 15) is 14.7 Å². The highest BCUT2D eigenvalue weighted by Gasteiger charge is 2.08. The summed E-state index contributed by atoms with van der Waals surface area (Å²) in [5.74, 6) is -0.539. The van der Waals surface area contributed by atoms with Gasteiger partial charge < -0.3 is 15.2 Å². The average Bonchev–Trinajstić information content (AvgIpc) is 2.72. The molecule has 2 N–H and O–H groups in total. The van der Waals surface area contributed by atoms with Gasteiger partial charge in [0.15, 0.2) is 0 Å². The standard InChI is InChI=1S/C23H36N2O4/c1-3-5-6-7-8-9-13-20(26)17-16-19-12-10-14-21(25-19)23(28)24-18-11-15-22(27)29-4-2/h10,12,14,16-17,20,26H,3-9,11,13,15,18H2,1-2H3,(H,24,28). The molecule has 1 aromatic heterocycles. The fourth-order valence-corrected chi connectivity index (χ4v) is 2.87. The first-order chi connectivity index (χ1) is 14.1. The van der Waals surface area contributed by atoms with Gasteiger partial charge in [-0.3, -0.25) is 9.59 Å². The van der Waals surface area contributed by atoms with Gasteiger partial charge in [-0.25, -0.2) is 4.98 Å². The fraction of sp³-hybridized carbons (Fsp3) is 0.609. The summed E-state index contributed by atoms with van der Waals surface area (Å²) >= 11 is 0. The minimum absolute atomic E-state index is 0.258. The molecule has 0 aromatic carbocycles. The summed E-state index contributed by atoms with van der Waals surface area (Å²) in [5, 5.41) is 12.8. The van der Waals surface area contributed by atoms with E-state index >= 15 is 0 Å². The van der Waals surface area contributed by atoms with E-state index in [1.165, 1.54) is 25.7 Å². The Kier molecular flexibility index (Phi) is 13.4. The van der Waals surface area contributed by atoms with Gasteiger partial charge in [0, 0.05) is 13.0 Å². The first kappa shape index (κ1) is 24.8. The van der Waals surface area contributed by atoms with Gasteiger partial charge >= 0.3 is 5.97 Å². The van der Waals surface area contributed by atoms with Crippen LogP contribution in [0.25, 0.3) is 6.08 Å². The number of hydrogen-bond donors (Lipinski definition) is 2. The van der Waals surface area contributed by atoms with Crippen LogP contribution in [0.15, 0.2) is 24.3 Å². The maximum Gasteiger partial charge on any atom is 0.305 e. The highest BCUT2D eigenvalue weighted by Crippen LogP contribution is 2.10. The molecule has 0 radical (unpaired) electrons. The Labute approximate surface area is 174 Å². The van der Waals surface area contributed by atoms with Crippen LogP contribution in [-0.2, 0) is 9.53 Å². The van der Waals surface area contributed by atoms with Crippen molar-refractivity contribution in [2.75, 3.05) is 13.2 Å². The van der Waals surface area contributed by atoms with Crippen LogP contribution in [0.4, 0.5) is 0 Å². The van der Waals surface area contributed by atoms with Crippen molar-refractivity contribution in [3.8, 4) is 0 Å². The molecule has 1 unspecified atom stereocenters. The predicted octanol–water partition coefficient (Wildman–Crippen LogP) is 4.28. The molecule has 0 aliphatic carbocycles. The van der Waals surface area contributed by atoms with Crippen LogP contribution < -0.4 is 5.32 Å². The molecule has 162 valence electrons. The van der Waals surface area contributed by atoms with Crippen LogP contribution in [0.3, 0.4) is 0 Å². The number of pyridine rings is 1. The number of carbonyl (C=O) groups excluding carboxylic acids is 2. The maximum absolute atomic E-state index is 12.2. The lowest BCUT2D eigenvalue weighted by Crippen LogP contribution is -2.26. The number of amides is 1. The molecule has 0 aliphatic rings. The molecule has 6 heteroatoms. The molecule has 0 saturated heterocycles.